The van der Waals surface area contributed by atoms with Crippen LogP contribution in [-0.4, -0.2) is 40.9 Å². The summed E-state index contributed by atoms with van der Waals surface area (Å²) in [5.41, 5.74) is 3.66. The van der Waals surface area contributed by atoms with Gasteiger partial charge >= 0.3 is 6.09 Å². The minimum Gasteiger partial charge on any atom is -0.445 e. The number of aromatic amines is 1. The van der Waals surface area contributed by atoms with Crippen LogP contribution in [0.4, 0.5) is 10.6 Å². The van der Waals surface area contributed by atoms with Crippen LogP contribution in [0.3, 0.4) is 0 Å². The van der Waals surface area contributed by atoms with Gasteiger partial charge in [0.2, 0.25) is 0 Å². The van der Waals surface area contributed by atoms with Crippen molar-refractivity contribution < 1.29 is 9.53 Å². The van der Waals surface area contributed by atoms with E-state index in [0.29, 0.717) is 6.54 Å². The van der Waals surface area contributed by atoms with Crippen LogP contribution < -0.4 is 10.2 Å². The number of alkyl carbamates (subject to hydrolysis) is 1. The monoisotopic (exact) mass is 351 g/mol. The Hall–Kier alpha value is -3.09. The molecule has 7 nitrogen and oxygen atoms in total. The van der Waals surface area contributed by atoms with Crippen LogP contribution >= 0.6 is 0 Å². The Kier molecular flexibility index (Phi) is 4.20. The molecule has 1 aliphatic rings. The third-order valence-corrected chi connectivity index (χ3v) is 4.86. The molecule has 1 amide bonds. The molecule has 4 rings (SSSR count). The number of benzene rings is 1. The number of ether oxygens (including phenoxy) is 1. The Labute approximate surface area is 151 Å². The van der Waals surface area contributed by atoms with E-state index in [-0.39, 0.29) is 12.6 Å². The quantitative estimate of drug-likeness (QED) is 0.650. The van der Waals surface area contributed by atoms with Crippen molar-refractivity contribution in [1.29, 1.82) is 0 Å². The van der Waals surface area contributed by atoms with Gasteiger partial charge in [-0.2, -0.15) is 5.10 Å². The number of hydrogen-bond donors (Lipinski definition) is 2. The number of anilines is 1. The number of carbonyl (C=O) groups excluding carboxylic acids is 1. The van der Waals surface area contributed by atoms with Crippen molar-refractivity contribution in [1.82, 2.24) is 20.5 Å². The number of carbonyl (C=O) groups is 1. The minimum atomic E-state index is -0.402. The largest absolute Gasteiger partial charge is 0.445 e. The molecule has 7 heteroatoms. The maximum Gasteiger partial charge on any atom is 0.407 e. The van der Waals surface area contributed by atoms with E-state index in [1.807, 2.05) is 37.5 Å². The Morgan fingerprint density at radius 2 is 2.19 bits per heavy atom. The maximum atomic E-state index is 11.9. The van der Waals surface area contributed by atoms with Gasteiger partial charge in [-0.1, -0.05) is 18.2 Å². The Bertz CT molecular complexity index is 952. The molecule has 134 valence electrons. The minimum absolute atomic E-state index is 0.210. The van der Waals surface area contributed by atoms with Gasteiger partial charge in [0.25, 0.3) is 0 Å². The van der Waals surface area contributed by atoms with E-state index in [2.05, 4.69) is 38.4 Å². The van der Waals surface area contributed by atoms with Gasteiger partial charge in [-0.15, -0.1) is 0 Å². The predicted molar refractivity (Wildman–Crippen MR) is 100.0 cm³/mol. The standard InChI is InChI=1S/C19H21N5O2/c1-12-6-7-20-19(25)26-11-13-4-3-5-14(8-13)18-15-9-17(24(12)2)21-10-16(15)22-23-18/h3-5,8-10,12H,6-7,11H2,1-2H3,(H,20,25)(H,22,23)/t12-/m1/s1. The molecular formula is C19H21N5O2. The van der Waals surface area contributed by atoms with Gasteiger partial charge in [0.15, 0.2) is 0 Å². The van der Waals surface area contributed by atoms with Crippen LogP contribution in [0.25, 0.3) is 22.2 Å². The maximum absolute atomic E-state index is 11.9. The lowest BCUT2D eigenvalue weighted by molar-refractivity contribution is 0.139. The van der Waals surface area contributed by atoms with E-state index in [4.69, 9.17) is 4.74 Å². The van der Waals surface area contributed by atoms with E-state index in [1.54, 1.807) is 0 Å². The Morgan fingerprint density at radius 1 is 1.31 bits per heavy atom. The van der Waals surface area contributed by atoms with Gasteiger partial charge in [0, 0.05) is 30.6 Å². The van der Waals surface area contributed by atoms with Crippen LogP contribution in [0.15, 0.2) is 36.5 Å². The second-order valence-corrected chi connectivity index (χ2v) is 6.61. The van der Waals surface area contributed by atoms with E-state index in [9.17, 15) is 4.79 Å². The second kappa shape index (κ2) is 6.67. The molecular weight excluding hydrogens is 330 g/mol. The average molecular weight is 351 g/mol. The summed E-state index contributed by atoms with van der Waals surface area (Å²) in [6, 6.07) is 10.2. The van der Waals surface area contributed by atoms with Crippen molar-refractivity contribution in [2.75, 3.05) is 18.5 Å². The number of pyridine rings is 1. The first-order valence-electron chi connectivity index (χ1n) is 8.69. The zero-order chi connectivity index (χ0) is 18.1. The summed E-state index contributed by atoms with van der Waals surface area (Å²) in [5, 5.41) is 11.4. The van der Waals surface area contributed by atoms with Gasteiger partial charge in [0.05, 0.1) is 11.7 Å². The first-order chi connectivity index (χ1) is 12.6. The lowest BCUT2D eigenvalue weighted by atomic mass is 10.1. The molecule has 3 heterocycles. The molecule has 1 aliphatic heterocycles. The fourth-order valence-electron chi connectivity index (χ4n) is 3.13. The highest BCUT2D eigenvalue weighted by Crippen LogP contribution is 2.29. The summed E-state index contributed by atoms with van der Waals surface area (Å²) < 4.78 is 5.32. The zero-order valence-electron chi connectivity index (χ0n) is 14.8. The number of H-pyrrole nitrogens is 1. The number of nitrogens with zero attached hydrogens (tertiary/aromatic N) is 3. The van der Waals surface area contributed by atoms with Crippen molar-refractivity contribution in [3.8, 4) is 11.3 Å². The van der Waals surface area contributed by atoms with Crippen molar-refractivity contribution >= 4 is 22.8 Å². The molecule has 0 saturated carbocycles. The molecule has 4 bridgehead atoms. The molecule has 0 saturated heterocycles. The molecule has 1 aromatic carbocycles. The number of rotatable bonds is 0. The van der Waals surface area contributed by atoms with Crippen LogP contribution in [-0.2, 0) is 11.3 Å². The topological polar surface area (TPSA) is 83.1 Å². The summed E-state index contributed by atoms with van der Waals surface area (Å²) in [7, 11) is 2.01. The van der Waals surface area contributed by atoms with Crippen molar-refractivity contribution in [2.24, 2.45) is 0 Å². The molecule has 1 atom stereocenters. The molecule has 26 heavy (non-hydrogen) atoms. The van der Waals surface area contributed by atoms with Gasteiger partial charge < -0.3 is 15.0 Å². The first kappa shape index (κ1) is 16.4. The molecule has 2 N–H and O–H groups in total. The van der Waals surface area contributed by atoms with Crippen molar-refractivity contribution in [3.63, 3.8) is 0 Å². The van der Waals surface area contributed by atoms with Gasteiger partial charge in [-0.25, -0.2) is 9.78 Å². The molecule has 0 unspecified atom stereocenters. The molecule has 0 aliphatic carbocycles. The highest BCUT2D eigenvalue weighted by molar-refractivity contribution is 5.94. The SMILES string of the molecule is C[C@@H]1CCNC(=O)OCc2cccc(c2)-c2n[nH]c3cnc(cc23)N1C. The smallest absolute Gasteiger partial charge is 0.407 e. The lowest BCUT2D eigenvalue weighted by Gasteiger charge is -2.26. The van der Waals surface area contributed by atoms with E-state index in [1.165, 1.54) is 0 Å². The normalized spacial score (nSPS) is 18.2. The number of nitrogens with one attached hydrogen (secondary N) is 2. The van der Waals surface area contributed by atoms with Crippen LogP contribution in [0, 0.1) is 0 Å². The van der Waals surface area contributed by atoms with Crippen LogP contribution in [0.2, 0.25) is 0 Å². The van der Waals surface area contributed by atoms with E-state index < -0.39 is 6.09 Å². The number of aromatic nitrogens is 3. The first-order valence-corrected chi connectivity index (χ1v) is 8.69. The van der Waals surface area contributed by atoms with Gasteiger partial charge in [-0.3, -0.25) is 5.10 Å². The number of amides is 1. The summed E-state index contributed by atoms with van der Waals surface area (Å²) in [5.74, 6) is 0.876. The third-order valence-electron chi connectivity index (χ3n) is 4.86. The van der Waals surface area contributed by atoms with Crippen molar-refractivity contribution in [2.45, 2.75) is 26.0 Å². The van der Waals surface area contributed by atoms with Crippen molar-refractivity contribution in [3.05, 3.63) is 42.1 Å². The van der Waals surface area contributed by atoms with Gasteiger partial charge in [-0.05, 0) is 31.0 Å². The number of cyclic esters (lactones) is 1. The molecule has 3 aromatic rings. The summed E-state index contributed by atoms with van der Waals surface area (Å²) in [4.78, 5) is 18.6. The summed E-state index contributed by atoms with van der Waals surface area (Å²) in [6.07, 6.45) is 2.20. The van der Waals surface area contributed by atoms with Crippen LogP contribution in [0.5, 0.6) is 0 Å². The average Bonchev–Trinajstić information content (AvgIpc) is 3.08. The fraction of sp³-hybridized carbons (Fsp3) is 0.316. The highest BCUT2D eigenvalue weighted by atomic mass is 16.5. The Balaban J connectivity index is 1.82. The molecule has 2 aromatic heterocycles. The second-order valence-electron chi connectivity index (χ2n) is 6.61. The third kappa shape index (κ3) is 3.08. The lowest BCUT2D eigenvalue weighted by Crippen LogP contribution is -2.34. The van der Waals surface area contributed by atoms with E-state index in [0.717, 1.165) is 40.0 Å². The number of fused-ring (bicyclic) bond motifs is 4. The predicted octanol–water partition coefficient (Wildman–Crippen LogP) is 3.08. The summed E-state index contributed by atoms with van der Waals surface area (Å²) >= 11 is 0. The molecule has 0 radical (unpaired) electrons. The molecule has 0 spiro atoms. The Morgan fingerprint density at radius 3 is 3.08 bits per heavy atom. The van der Waals surface area contributed by atoms with E-state index >= 15 is 0 Å². The zero-order valence-corrected chi connectivity index (χ0v) is 14.8. The molecule has 0 fully saturated rings. The van der Waals surface area contributed by atoms with Crippen LogP contribution in [0.1, 0.15) is 18.9 Å². The summed E-state index contributed by atoms with van der Waals surface area (Å²) in [6.45, 7) is 2.88. The fourth-order valence-corrected chi connectivity index (χ4v) is 3.13. The highest BCUT2D eigenvalue weighted by Gasteiger charge is 2.16. The number of hydrogen-bond acceptors (Lipinski definition) is 5. The van der Waals surface area contributed by atoms with Gasteiger partial charge in [0.1, 0.15) is 18.1 Å².